The molecule has 3 heteroatoms. The van der Waals surface area contributed by atoms with Crippen molar-refractivity contribution in [1.82, 2.24) is 10.2 Å². The molecule has 12 heavy (non-hydrogen) atoms. The van der Waals surface area contributed by atoms with Crippen LogP contribution < -0.4 is 11.1 Å². The zero-order valence-electron chi connectivity index (χ0n) is 8.85. The lowest BCUT2D eigenvalue weighted by Gasteiger charge is -2.19. The first-order valence-electron chi connectivity index (χ1n) is 4.56. The molecule has 0 aliphatic rings. The predicted octanol–water partition coefficient (Wildman–Crippen LogP) is 0.265. The Labute approximate surface area is 76.3 Å². The quantitative estimate of drug-likeness (QED) is 0.566. The second kappa shape index (κ2) is 5.51. The Morgan fingerprint density at radius 2 is 1.92 bits per heavy atom. The molecule has 0 saturated heterocycles. The molecule has 0 aromatic heterocycles. The van der Waals surface area contributed by atoms with Crippen LogP contribution in [0.4, 0.5) is 0 Å². The van der Waals surface area contributed by atoms with Crippen LogP contribution in [0.15, 0.2) is 0 Å². The van der Waals surface area contributed by atoms with E-state index < -0.39 is 0 Å². The normalized spacial score (nSPS) is 12.5. The second-order valence-electron chi connectivity index (χ2n) is 4.32. The maximum atomic E-state index is 5.80. The van der Waals surface area contributed by atoms with Gasteiger partial charge in [0.15, 0.2) is 0 Å². The molecule has 0 aliphatic heterocycles. The van der Waals surface area contributed by atoms with E-state index in [-0.39, 0.29) is 5.54 Å². The summed E-state index contributed by atoms with van der Waals surface area (Å²) in [5, 5.41) is 3.33. The first-order chi connectivity index (χ1) is 5.42. The molecule has 0 spiro atoms. The van der Waals surface area contributed by atoms with Gasteiger partial charge >= 0.3 is 0 Å². The number of hydrogen-bond donors (Lipinski definition) is 2. The third kappa shape index (κ3) is 9.88. The molecular formula is C9H23N3. The summed E-state index contributed by atoms with van der Waals surface area (Å²) in [5.74, 6) is 0. The smallest absolute Gasteiger partial charge is 0.0223 e. The highest BCUT2D eigenvalue weighted by molar-refractivity contribution is 4.74. The van der Waals surface area contributed by atoms with Gasteiger partial charge in [-0.15, -0.1) is 0 Å². The minimum atomic E-state index is -0.0852. The van der Waals surface area contributed by atoms with E-state index in [4.69, 9.17) is 5.73 Å². The number of nitrogens with zero attached hydrogens (tertiary/aromatic N) is 1. The van der Waals surface area contributed by atoms with Crippen molar-refractivity contribution in [3.8, 4) is 0 Å². The van der Waals surface area contributed by atoms with Crippen molar-refractivity contribution in [2.75, 3.05) is 33.7 Å². The van der Waals surface area contributed by atoms with Crippen molar-refractivity contribution in [1.29, 1.82) is 0 Å². The molecule has 0 atom stereocenters. The molecule has 3 nitrogen and oxygen atoms in total. The van der Waals surface area contributed by atoms with Crippen LogP contribution in [0.5, 0.6) is 0 Å². The van der Waals surface area contributed by atoms with E-state index in [1.807, 2.05) is 13.8 Å². The van der Waals surface area contributed by atoms with E-state index in [0.29, 0.717) is 0 Å². The van der Waals surface area contributed by atoms with Crippen LogP contribution in [0.2, 0.25) is 0 Å². The van der Waals surface area contributed by atoms with Crippen molar-refractivity contribution in [3.63, 3.8) is 0 Å². The number of nitrogens with one attached hydrogen (secondary N) is 1. The van der Waals surface area contributed by atoms with Crippen LogP contribution >= 0.6 is 0 Å². The fourth-order valence-electron chi connectivity index (χ4n) is 0.931. The Morgan fingerprint density at radius 3 is 2.33 bits per heavy atom. The summed E-state index contributed by atoms with van der Waals surface area (Å²) >= 11 is 0. The first-order valence-corrected chi connectivity index (χ1v) is 4.56. The highest BCUT2D eigenvalue weighted by Gasteiger charge is 2.08. The summed E-state index contributed by atoms with van der Waals surface area (Å²) in [6.07, 6.45) is 1.18. The molecular weight excluding hydrogens is 150 g/mol. The van der Waals surface area contributed by atoms with Crippen molar-refractivity contribution < 1.29 is 0 Å². The molecule has 0 saturated carbocycles. The van der Waals surface area contributed by atoms with E-state index in [0.717, 1.165) is 19.6 Å². The fourth-order valence-corrected chi connectivity index (χ4v) is 0.931. The van der Waals surface area contributed by atoms with Crippen molar-refractivity contribution in [3.05, 3.63) is 0 Å². The molecule has 0 bridgehead atoms. The van der Waals surface area contributed by atoms with Gasteiger partial charge in [-0.05, 0) is 47.5 Å². The summed E-state index contributed by atoms with van der Waals surface area (Å²) in [5.41, 5.74) is 5.72. The highest BCUT2D eigenvalue weighted by atomic mass is 15.1. The molecule has 0 rings (SSSR count). The average molecular weight is 173 g/mol. The lowest BCUT2D eigenvalue weighted by atomic mass is 10.1. The summed E-state index contributed by atoms with van der Waals surface area (Å²) in [6, 6.07) is 0. The number of nitrogens with two attached hydrogens (primary N) is 1. The summed E-state index contributed by atoms with van der Waals surface area (Å²) in [6.45, 7) is 7.15. The van der Waals surface area contributed by atoms with Crippen LogP contribution in [0, 0.1) is 0 Å². The van der Waals surface area contributed by atoms with Crippen molar-refractivity contribution in [2.45, 2.75) is 25.8 Å². The van der Waals surface area contributed by atoms with Gasteiger partial charge in [-0.1, -0.05) is 0 Å². The molecule has 0 aliphatic carbocycles. The van der Waals surface area contributed by atoms with Crippen LogP contribution in [0.1, 0.15) is 20.3 Å². The van der Waals surface area contributed by atoms with Gasteiger partial charge in [0.2, 0.25) is 0 Å². The van der Waals surface area contributed by atoms with Gasteiger partial charge in [0.25, 0.3) is 0 Å². The van der Waals surface area contributed by atoms with Gasteiger partial charge < -0.3 is 16.0 Å². The van der Waals surface area contributed by atoms with Gasteiger partial charge in [-0.25, -0.2) is 0 Å². The third-order valence-electron chi connectivity index (χ3n) is 1.54. The first kappa shape index (κ1) is 11.9. The zero-order valence-corrected chi connectivity index (χ0v) is 8.85. The lowest BCUT2D eigenvalue weighted by Crippen LogP contribution is -2.43. The van der Waals surface area contributed by atoms with E-state index in [9.17, 15) is 0 Å². The molecule has 0 amide bonds. The van der Waals surface area contributed by atoms with E-state index in [1.54, 1.807) is 0 Å². The topological polar surface area (TPSA) is 41.3 Å². The summed E-state index contributed by atoms with van der Waals surface area (Å²) < 4.78 is 0. The van der Waals surface area contributed by atoms with Gasteiger partial charge in [0, 0.05) is 12.1 Å². The van der Waals surface area contributed by atoms with E-state index in [2.05, 4.69) is 24.3 Å². The molecule has 0 heterocycles. The molecule has 0 aromatic carbocycles. The standard InChI is InChI=1S/C9H23N3/c1-9(2,10)8-11-6-5-7-12(3)4/h11H,5-8,10H2,1-4H3. The minimum absolute atomic E-state index is 0.0852. The Kier molecular flexibility index (Phi) is 5.46. The van der Waals surface area contributed by atoms with Gasteiger partial charge in [-0.2, -0.15) is 0 Å². The minimum Gasteiger partial charge on any atom is -0.324 e. The molecule has 0 unspecified atom stereocenters. The van der Waals surface area contributed by atoms with Crippen LogP contribution in [-0.2, 0) is 0 Å². The lowest BCUT2D eigenvalue weighted by molar-refractivity contribution is 0.385. The summed E-state index contributed by atoms with van der Waals surface area (Å²) in [7, 11) is 4.18. The maximum Gasteiger partial charge on any atom is 0.0223 e. The van der Waals surface area contributed by atoms with Crippen molar-refractivity contribution in [2.24, 2.45) is 5.73 Å². The molecule has 3 N–H and O–H groups in total. The average Bonchev–Trinajstić information content (AvgIpc) is 1.83. The number of rotatable bonds is 6. The molecule has 0 aromatic rings. The Bertz CT molecular complexity index is 105. The maximum absolute atomic E-state index is 5.80. The molecule has 0 radical (unpaired) electrons. The summed E-state index contributed by atoms with van der Waals surface area (Å²) in [4.78, 5) is 2.19. The fraction of sp³-hybridized carbons (Fsp3) is 1.00. The van der Waals surface area contributed by atoms with Gasteiger partial charge in [0.1, 0.15) is 0 Å². The monoisotopic (exact) mass is 173 g/mol. The van der Waals surface area contributed by atoms with E-state index in [1.165, 1.54) is 6.42 Å². The highest BCUT2D eigenvalue weighted by Crippen LogP contribution is 1.92. The van der Waals surface area contributed by atoms with Gasteiger partial charge in [0.05, 0.1) is 0 Å². The Balaban J connectivity index is 3.12. The number of hydrogen-bond acceptors (Lipinski definition) is 3. The predicted molar refractivity (Wildman–Crippen MR) is 54.3 cm³/mol. The SMILES string of the molecule is CN(C)CCCNCC(C)(C)N. The van der Waals surface area contributed by atoms with Crippen LogP contribution in [0.25, 0.3) is 0 Å². The molecule has 74 valence electrons. The zero-order chi connectivity index (χ0) is 9.61. The second-order valence-corrected chi connectivity index (χ2v) is 4.32. The Morgan fingerprint density at radius 1 is 1.33 bits per heavy atom. The van der Waals surface area contributed by atoms with E-state index >= 15 is 0 Å². The molecule has 0 fully saturated rings. The Hall–Kier alpha value is -0.120. The van der Waals surface area contributed by atoms with Crippen LogP contribution in [0.3, 0.4) is 0 Å². The third-order valence-corrected chi connectivity index (χ3v) is 1.54. The van der Waals surface area contributed by atoms with Gasteiger partial charge in [-0.3, -0.25) is 0 Å². The van der Waals surface area contributed by atoms with Crippen LogP contribution in [-0.4, -0.2) is 44.2 Å². The largest absolute Gasteiger partial charge is 0.324 e. The van der Waals surface area contributed by atoms with Crippen molar-refractivity contribution >= 4 is 0 Å².